The number of rotatable bonds is 6. The van der Waals surface area contributed by atoms with Gasteiger partial charge in [0.1, 0.15) is 0 Å². The number of hydrogen-bond acceptors (Lipinski definition) is 5. The summed E-state index contributed by atoms with van der Waals surface area (Å²) >= 11 is 3.46. The number of benzene rings is 1. The smallest absolute Gasteiger partial charge is 0.322 e. The first-order chi connectivity index (χ1) is 10.1. The highest BCUT2D eigenvalue weighted by molar-refractivity contribution is 9.10. The predicted octanol–water partition coefficient (Wildman–Crippen LogP) is 3.91. The van der Waals surface area contributed by atoms with Crippen LogP contribution in [0.15, 0.2) is 28.7 Å². The monoisotopic (exact) mass is 350 g/mol. The first-order valence-corrected chi connectivity index (χ1v) is 7.80. The van der Waals surface area contributed by atoms with E-state index in [0.717, 1.165) is 23.0 Å². The molecule has 0 spiro atoms. The number of hydrogen-bond donors (Lipinski definition) is 1. The molecule has 1 aromatic carbocycles. The van der Waals surface area contributed by atoms with Crippen molar-refractivity contribution in [2.75, 3.05) is 11.9 Å². The average Bonchev–Trinajstić information content (AvgIpc) is 2.44. The Morgan fingerprint density at radius 2 is 2.05 bits per heavy atom. The van der Waals surface area contributed by atoms with Gasteiger partial charge in [-0.25, -0.2) is 0 Å². The van der Waals surface area contributed by atoms with E-state index in [0.29, 0.717) is 17.8 Å². The molecule has 0 aliphatic heterocycles. The van der Waals surface area contributed by atoms with Gasteiger partial charge in [0.05, 0.1) is 6.10 Å². The van der Waals surface area contributed by atoms with Crippen LogP contribution < -0.4 is 10.1 Å². The van der Waals surface area contributed by atoms with Crippen LogP contribution in [0.4, 0.5) is 5.95 Å². The summed E-state index contributed by atoms with van der Waals surface area (Å²) in [5.74, 6) is 1.14. The highest BCUT2D eigenvalue weighted by atomic mass is 79.9. The van der Waals surface area contributed by atoms with Crippen LogP contribution in [0.3, 0.4) is 0 Å². The number of ether oxygens (including phenoxy) is 1. The van der Waals surface area contributed by atoms with Crippen molar-refractivity contribution in [1.82, 2.24) is 15.0 Å². The fraction of sp³-hybridized carbons (Fsp3) is 0.400. The molecule has 0 bridgehead atoms. The molecule has 6 heteroatoms. The van der Waals surface area contributed by atoms with Crippen LogP contribution in [0, 0.1) is 0 Å². The maximum Gasteiger partial charge on any atom is 0.322 e. The summed E-state index contributed by atoms with van der Waals surface area (Å²) in [7, 11) is 0. The maximum atomic E-state index is 5.61. The lowest BCUT2D eigenvalue weighted by molar-refractivity contribution is 0.222. The van der Waals surface area contributed by atoms with E-state index in [1.165, 1.54) is 0 Å². The zero-order valence-electron chi connectivity index (χ0n) is 12.4. The Labute approximate surface area is 133 Å². The Morgan fingerprint density at radius 1 is 1.24 bits per heavy atom. The molecule has 21 heavy (non-hydrogen) atoms. The molecule has 2 aromatic rings. The molecule has 1 N–H and O–H groups in total. The summed E-state index contributed by atoms with van der Waals surface area (Å²) in [6, 6.07) is 8.19. The third-order valence-corrected chi connectivity index (χ3v) is 3.07. The molecule has 1 aromatic heterocycles. The average molecular weight is 351 g/mol. The lowest BCUT2D eigenvalue weighted by Crippen LogP contribution is -2.12. The maximum absolute atomic E-state index is 5.61. The number of nitrogens with one attached hydrogen (secondary N) is 1. The van der Waals surface area contributed by atoms with Gasteiger partial charge in [0.25, 0.3) is 0 Å². The van der Waals surface area contributed by atoms with Crippen molar-refractivity contribution < 1.29 is 4.74 Å². The standard InChI is InChI=1S/C15H19BrN4O/c1-4-8-17-14-18-13(11-6-5-7-12(16)9-11)19-15(20-14)21-10(2)3/h5-7,9-10H,4,8H2,1-3H3,(H,17,18,19,20). The molecular weight excluding hydrogens is 332 g/mol. The molecule has 0 unspecified atom stereocenters. The first-order valence-electron chi connectivity index (χ1n) is 7.01. The second kappa shape index (κ2) is 7.36. The first kappa shape index (κ1) is 15.7. The van der Waals surface area contributed by atoms with Crippen molar-refractivity contribution in [3.8, 4) is 17.4 Å². The predicted molar refractivity (Wildman–Crippen MR) is 87.5 cm³/mol. The molecule has 0 amide bonds. The second-order valence-electron chi connectivity index (χ2n) is 4.87. The lowest BCUT2D eigenvalue weighted by Gasteiger charge is -2.11. The van der Waals surface area contributed by atoms with Crippen LogP contribution >= 0.6 is 15.9 Å². The molecule has 1 heterocycles. The summed E-state index contributed by atoms with van der Waals surface area (Å²) in [4.78, 5) is 13.1. The van der Waals surface area contributed by atoms with Crippen LogP contribution in [0.5, 0.6) is 6.01 Å². The van der Waals surface area contributed by atoms with Gasteiger partial charge in [0.15, 0.2) is 5.82 Å². The lowest BCUT2D eigenvalue weighted by atomic mass is 10.2. The quantitative estimate of drug-likeness (QED) is 0.855. The van der Waals surface area contributed by atoms with Crippen molar-refractivity contribution in [3.05, 3.63) is 28.7 Å². The topological polar surface area (TPSA) is 59.9 Å². The molecule has 0 saturated carbocycles. The van der Waals surface area contributed by atoms with Gasteiger partial charge in [-0.05, 0) is 32.4 Å². The van der Waals surface area contributed by atoms with Gasteiger partial charge in [0.2, 0.25) is 5.95 Å². The second-order valence-corrected chi connectivity index (χ2v) is 5.78. The number of aromatic nitrogens is 3. The minimum absolute atomic E-state index is 0.0155. The van der Waals surface area contributed by atoms with Crippen molar-refractivity contribution in [2.45, 2.75) is 33.3 Å². The Kier molecular flexibility index (Phi) is 5.50. The molecule has 0 saturated heterocycles. The number of nitrogens with zero attached hydrogens (tertiary/aromatic N) is 3. The molecule has 0 aliphatic carbocycles. The zero-order valence-corrected chi connectivity index (χ0v) is 14.0. The highest BCUT2D eigenvalue weighted by Gasteiger charge is 2.10. The summed E-state index contributed by atoms with van der Waals surface area (Å²) in [5, 5.41) is 3.18. The van der Waals surface area contributed by atoms with E-state index >= 15 is 0 Å². The van der Waals surface area contributed by atoms with E-state index in [2.05, 4.69) is 43.1 Å². The van der Waals surface area contributed by atoms with E-state index in [-0.39, 0.29) is 6.10 Å². The van der Waals surface area contributed by atoms with E-state index < -0.39 is 0 Å². The summed E-state index contributed by atoms with van der Waals surface area (Å²) in [5.41, 5.74) is 0.917. The van der Waals surface area contributed by atoms with Crippen molar-refractivity contribution in [3.63, 3.8) is 0 Å². The number of anilines is 1. The fourth-order valence-corrected chi connectivity index (χ4v) is 2.09. The third kappa shape index (κ3) is 4.67. The third-order valence-electron chi connectivity index (χ3n) is 2.57. The van der Waals surface area contributed by atoms with Gasteiger partial charge in [-0.15, -0.1) is 0 Å². The fourth-order valence-electron chi connectivity index (χ4n) is 1.69. The van der Waals surface area contributed by atoms with Gasteiger partial charge < -0.3 is 10.1 Å². The van der Waals surface area contributed by atoms with Crippen LogP contribution in [0.25, 0.3) is 11.4 Å². The van der Waals surface area contributed by atoms with Crippen molar-refractivity contribution in [2.24, 2.45) is 0 Å². The van der Waals surface area contributed by atoms with E-state index in [1.54, 1.807) is 0 Å². The van der Waals surface area contributed by atoms with Crippen LogP contribution in [-0.4, -0.2) is 27.6 Å². The van der Waals surface area contributed by atoms with E-state index in [1.807, 2.05) is 38.1 Å². The van der Waals surface area contributed by atoms with Crippen LogP contribution in [0.2, 0.25) is 0 Å². The van der Waals surface area contributed by atoms with Gasteiger partial charge in [-0.1, -0.05) is 35.0 Å². The minimum atomic E-state index is 0.0155. The molecule has 0 aliphatic rings. The molecular formula is C15H19BrN4O. The Balaban J connectivity index is 2.38. The molecule has 0 fully saturated rings. The zero-order chi connectivity index (χ0) is 15.2. The number of halogens is 1. The summed E-state index contributed by atoms with van der Waals surface area (Å²) in [6.45, 7) is 6.79. The van der Waals surface area contributed by atoms with E-state index in [4.69, 9.17) is 4.74 Å². The van der Waals surface area contributed by atoms with Gasteiger partial charge in [0, 0.05) is 16.6 Å². The normalized spacial score (nSPS) is 10.7. The van der Waals surface area contributed by atoms with Gasteiger partial charge in [-0.2, -0.15) is 15.0 Å². The van der Waals surface area contributed by atoms with Crippen molar-refractivity contribution in [1.29, 1.82) is 0 Å². The van der Waals surface area contributed by atoms with Crippen LogP contribution in [0.1, 0.15) is 27.2 Å². The van der Waals surface area contributed by atoms with Gasteiger partial charge >= 0.3 is 6.01 Å². The largest absolute Gasteiger partial charge is 0.461 e. The van der Waals surface area contributed by atoms with Crippen LogP contribution in [-0.2, 0) is 0 Å². The van der Waals surface area contributed by atoms with E-state index in [9.17, 15) is 0 Å². The van der Waals surface area contributed by atoms with Crippen molar-refractivity contribution >= 4 is 21.9 Å². The molecule has 2 rings (SSSR count). The summed E-state index contributed by atoms with van der Waals surface area (Å²) < 4.78 is 6.59. The molecule has 112 valence electrons. The SMILES string of the molecule is CCCNc1nc(OC(C)C)nc(-c2cccc(Br)c2)n1. The Bertz CT molecular complexity index is 604. The molecule has 5 nitrogen and oxygen atoms in total. The molecule has 0 radical (unpaired) electrons. The minimum Gasteiger partial charge on any atom is -0.461 e. The molecule has 0 atom stereocenters. The Hall–Kier alpha value is -1.69. The highest BCUT2D eigenvalue weighted by Crippen LogP contribution is 2.22. The van der Waals surface area contributed by atoms with Gasteiger partial charge in [-0.3, -0.25) is 0 Å². The Morgan fingerprint density at radius 3 is 2.71 bits per heavy atom. The summed E-state index contributed by atoms with van der Waals surface area (Å²) in [6.07, 6.45) is 1.01.